The molecule has 0 aliphatic rings. The van der Waals surface area contributed by atoms with E-state index in [-0.39, 0.29) is 28.3 Å². The Kier molecular flexibility index (Phi) is 21.7. The summed E-state index contributed by atoms with van der Waals surface area (Å²) in [5.41, 5.74) is 0. The van der Waals surface area contributed by atoms with Crippen molar-refractivity contribution in [3.63, 3.8) is 0 Å². The molecule has 0 aromatic rings. The Hall–Kier alpha value is 0.412. The highest BCUT2D eigenvalue weighted by molar-refractivity contribution is 5.75. The Bertz CT molecular complexity index is 59.9. The molecule has 0 aromatic carbocycles. The van der Waals surface area contributed by atoms with E-state index in [0.717, 1.165) is 0 Å². The van der Waals surface area contributed by atoms with Gasteiger partial charge >= 0.3 is 0 Å². The third-order valence-corrected chi connectivity index (χ3v) is 2.68. The summed E-state index contributed by atoms with van der Waals surface area (Å²) in [7, 11) is 0. The lowest BCUT2D eigenvalue weighted by Crippen LogP contribution is -2.47. The van der Waals surface area contributed by atoms with Gasteiger partial charge in [0.05, 0.1) is 26.2 Å². The number of nitrogens with zero attached hydrogens (tertiary/aromatic N) is 1. The second kappa shape index (κ2) is 11.4. The molecule has 0 saturated heterocycles. The van der Waals surface area contributed by atoms with Gasteiger partial charge in [-0.25, -0.2) is 0 Å². The van der Waals surface area contributed by atoms with Crippen LogP contribution in [0.15, 0.2) is 0 Å². The highest BCUT2D eigenvalue weighted by atomic mass is 27.0. The van der Waals surface area contributed by atoms with E-state index in [4.69, 9.17) is 0 Å². The molecular weight excluding hydrogens is 169 g/mol. The minimum Gasteiger partial charge on any atom is -0.412 e. The summed E-state index contributed by atoms with van der Waals surface area (Å²) >= 11 is 0. The lowest BCUT2D eigenvalue weighted by atomic mass is 10.3. The summed E-state index contributed by atoms with van der Waals surface area (Å²) in [6.45, 7) is 14.2. The molecule has 4 heteroatoms. The summed E-state index contributed by atoms with van der Waals surface area (Å²) in [5, 5.41) is 0. The van der Waals surface area contributed by atoms with E-state index in [1.54, 1.807) is 0 Å². The van der Waals surface area contributed by atoms with Crippen LogP contribution in [0, 0.1) is 0 Å². The van der Waals surface area contributed by atoms with E-state index >= 15 is 0 Å². The first-order valence-corrected chi connectivity index (χ1v) is 4.09. The van der Waals surface area contributed by atoms with Crippen molar-refractivity contribution in [1.29, 1.82) is 0 Å². The van der Waals surface area contributed by atoms with Gasteiger partial charge in [0.15, 0.2) is 17.4 Å². The second-order valence-electron chi connectivity index (χ2n) is 2.61. The van der Waals surface area contributed by atoms with Crippen LogP contribution >= 0.6 is 0 Å². The number of rotatable bonds is 4. The van der Waals surface area contributed by atoms with Crippen LogP contribution in [0.1, 0.15) is 27.7 Å². The summed E-state index contributed by atoms with van der Waals surface area (Å²) in [6, 6.07) is 0. The molecule has 0 fully saturated rings. The molecule has 12 heavy (non-hydrogen) atoms. The van der Waals surface area contributed by atoms with Crippen molar-refractivity contribution in [2.45, 2.75) is 27.7 Å². The predicted octanol–water partition coefficient (Wildman–Crippen LogP) is -0.951. The Labute approximate surface area is 87.1 Å². The van der Waals surface area contributed by atoms with Crippen LogP contribution < -0.4 is 0 Å². The van der Waals surface area contributed by atoms with Crippen LogP contribution in [0.25, 0.3) is 0 Å². The smallest absolute Gasteiger partial charge is 0.187 e. The van der Waals surface area contributed by atoms with Crippen LogP contribution in [0.4, 0.5) is 0 Å². The second-order valence-corrected chi connectivity index (χ2v) is 2.61. The van der Waals surface area contributed by atoms with Crippen LogP contribution in [0.2, 0.25) is 0 Å². The fraction of sp³-hybridized carbons (Fsp3) is 1.00. The van der Waals surface area contributed by atoms with Crippen molar-refractivity contribution in [2.24, 2.45) is 0 Å². The maximum absolute atomic E-state index is 2.27. The molecule has 0 saturated carbocycles. The zero-order valence-electron chi connectivity index (χ0n) is 8.28. The van der Waals surface area contributed by atoms with Gasteiger partial charge in [-0.15, -0.1) is 0 Å². The lowest BCUT2D eigenvalue weighted by Gasteiger charge is -2.34. The fourth-order valence-corrected chi connectivity index (χ4v) is 1.34. The first-order chi connectivity index (χ1) is 4.24. The molecule has 0 radical (unpaired) electrons. The summed E-state index contributed by atoms with van der Waals surface area (Å²) < 4.78 is 1.28. The van der Waals surface area contributed by atoms with Gasteiger partial charge in [0.2, 0.25) is 0 Å². The molecule has 78 valence electrons. The molecule has 0 atom stereocenters. The van der Waals surface area contributed by atoms with Crippen LogP contribution in [0.3, 0.4) is 0 Å². The van der Waals surface area contributed by atoms with E-state index in [0.29, 0.717) is 0 Å². The molecule has 0 heterocycles. The minimum atomic E-state index is 0. The SMILES string of the molecule is CC[N+](CC)(CC)CC.O.O.[AlH3]. The Morgan fingerprint density at radius 1 is 0.667 bits per heavy atom. The van der Waals surface area contributed by atoms with Gasteiger partial charge in [0.1, 0.15) is 0 Å². The van der Waals surface area contributed by atoms with E-state index in [1.165, 1.54) is 30.7 Å². The van der Waals surface area contributed by atoms with Gasteiger partial charge in [-0.3, -0.25) is 0 Å². The first-order valence-electron chi connectivity index (χ1n) is 4.09. The minimum absolute atomic E-state index is 0. The molecule has 0 aliphatic heterocycles. The van der Waals surface area contributed by atoms with Gasteiger partial charge in [-0.2, -0.15) is 0 Å². The Morgan fingerprint density at radius 3 is 0.833 bits per heavy atom. The zero-order chi connectivity index (χ0) is 7.33. The first kappa shape index (κ1) is 22.8. The van der Waals surface area contributed by atoms with Crippen LogP contribution in [0.5, 0.6) is 0 Å². The molecule has 3 nitrogen and oxygen atoms in total. The van der Waals surface area contributed by atoms with Crippen molar-refractivity contribution in [2.75, 3.05) is 26.2 Å². The maximum Gasteiger partial charge on any atom is 0.187 e. The average Bonchev–Trinajstić information content (AvgIpc) is 1.95. The van der Waals surface area contributed by atoms with Gasteiger partial charge < -0.3 is 15.4 Å². The number of hydrogen-bond donors (Lipinski definition) is 0. The van der Waals surface area contributed by atoms with E-state index < -0.39 is 0 Å². The summed E-state index contributed by atoms with van der Waals surface area (Å²) in [6.07, 6.45) is 0. The summed E-state index contributed by atoms with van der Waals surface area (Å²) in [5.74, 6) is 0. The van der Waals surface area contributed by atoms with E-state index in [9.17, 15) is 0 Å². The fourth-order valence-electron chi connectivity index (χ4n) is 1.34. The zero-order valence-corrected chi connectivity index (χ0v) is 8.28. The molecule has 0 rings (SSSR count). The number of hydrogen-bond acceptors (Lipinski definition) is 0. The number of quaternary nitrogens is 1. The van der Waals surface area contributed by atoms with Crippen LogP contribution in [-0.2, 0) is 0 Å². The van der Waals surface area contributed by atoms with Crippen molar-refractivity contribution in [3.8, 4) is 0 Å². The monoisotopic (exact) mass is 196 g/mol. The van der Waals surface area contributed by atoms with Gasteiger partial charge in [-0.1, -0.05) is 0 Å². The molecule has 0 aromatic heterocycles. The maximum atomic E-state index is 2.27. The largest absolute Gasteiger partial charge is 0.412 e. The molecule has 0 aliphatic carbocycles. The Morgan fingerprint density at radius 2 is 0.833 bits per heavy atom. The normalized spacial score (nSPS) is 9.00. The summed E-state index contributed by atoms with van der Waals surface area (Å²) in [4.78, 5) is 0. The lowest BCUT2D eigenvalue weighted by molar-refractivity contribution is -0.921. The topological polar surface area (TPSA) is 63.0 Å². The highest BCUT2D eigenvalue weighted by Gasteiger charge is 2.16. The predicted molar refractivity (Wildman–Crippen MR) is 59.6 cm³/mol. The molecule has 4 N–H and O–H groups in total. The molecule has 0 bridgehead atoms. The molecule has 0 spiro atoms. The Balaban J connectivity index is -0.000000107. The quantitative estimate of drug-likeness (QED) is 0.411. The average molecular weight is 196 g/mol. The van der Waals surface area contributed by atoms with Crippen molar-refractivity contribution < 1.29 is 15.4 Å². The van der Waals surface area contributed by atoms with Crippen LogP contribution in [-0.4, -0.2) is 59.0 Å². The van der Waals surface area contributed by atoms with E-state index in [2.05, 4.69) is 27.7 Å². The molecular formula is C8H27AlNO2+. The van der Waals surface area contributed by atoms with Crippen molar-refractivity contribution >= 4 is 17.4 Å². The molecule has 0 unspecified atom stereocenters. The third kappa shape index (κ3) is 5.99. The molecule has 0 amide bonds. The van der Waals surface area contributed by atoms with Gasteiger partial charge in [-0.05, 0) is 27.7 Å². The van der Waals surface area contributed by atoms with E-state index in [1.807, 2.05) is 0 Å². The van der Waals surface area contributed by atoms with Gasteiger partial charge in [0, 0.05) is 0 Å². The highest BCUT2D eigenvalue weighted by Crippen LogP contribution is 2.03. The van der Waals surface area contributed by atoms with Crippen molar-refractivity contribution in [1.82, 2.24) is 0 Å². The van der Waals surface area contributed by atoms with Crippen molar-refractivity contribution in [3.05, 3.63) is 0 Å². The van der Waals surface area contributed by atoms with Gasteiger partial charge in [0.25, 0.3) is 0 Å². The third-order valence-electron chi connectivity index (χ3n) is 2.68. The standard InChI is InChI=1S/C8H20N.Al.2H2O.3H/c1-5-9(6-2,7-3)8-4;;;;;;/h5-8H2,1-4H3;;2*1H2;;;/q+1;;;;;;.